The molecular formula is C14H16ClNOS. The summed E-state index contributed by atoms with van der Waals surface area (Å²) in [5.74, 6) is 0. The molecule has 0 saturated heterocycles. The average molecular weight is 282 g/mol. The van der Waals surface area contributed by atoms with Gasteiger partial charge in [0.2, 0.25) is 0 Å². The lowest BCUT2D eigenvalue weighted by molar-refractivity contribution is 0.174. The Hall–Kier alpha value is -0.870. The zero-order valence-electron chi connectivity index (χ0n) is 10.2. The van der Waals surface area contributed by atoms with Gasteiger partial charge in [0.05, 0.1) is 6.10 Å². The van der Waals surface area contributed by atoms with Gasteiger partial charge in [-0.05, 0) is 30.0 Å². The van der Waals surface area contributed by atoms with Gasteiger partial charge in [-0.3, -0.25) is 0 Å². The Bertz CT molecular complexity index is 512. The summed E-state index contributed by atoms with van der Waals surface area (Å²) in [6.07, 6.45) is -0.570. The van der Waals surface area contributed by atoms with Gasteiger partial charge in [0.1, 0.15) is 0 Å². The lowest BCUT2D eigenvalue weighted by Crippen LogP contribution is -2.21. The number of hydrogen-bond donors (Lipinski definition) is 2. The summed E-state index contributed by atoms with van der Waals surface area (Å²) in [6, 6.07) is 9.50. The molecule has 0 radical (unpaired) electrons. The predicted octanol–water partition coefficient (Wildman–Crippen LogP) is 3.53. The molecule has 0 spiro atoms. The summed E-state index contributed by atoms with van der Waals surface area (Å²) in [5, 5.41) is 16.0. The maximum Gasteiger partial charge on any atom is 0.0928 e. The Morgan fingerprint density at radius 3 is 2.78 bits per heavy atom. The van der Waals surface area contributed by atoms with Gasteiger partial charge in [-0.1, -0.05) is 29.8 Å². The van der Waals surface area contributed by atoms with Crippen LogP contribution >= 0.6 is 22.9 Å². The largest absolute Gasteiger partial charge is 0.387 e. The number of halogens is 1. The highest BCUT2D eigenvalue weighted by molar-refractivity contribution is 7.10. The minimum absolute atomic E-state index is 0.501. The number of nitrogens with one attached hydrogen (secondary N) is 1. The number of aliphatic hydroxyl groups excluding tert-OH is 1. The second-order valence-corrected chi connectivity index (χ2v) is 5.60. The molecule has 0 aliphatic heterocycles. The highest BCUT2D eigenvalue weighted by atomic mass is 35.5. The first-order valence-corrected chi connectivity index (χ1v) is 7.10. The van der Waals surface area contributed by atoms with Crippen LogP contribution in [-0.2, 0) is 6.54 Å². The summed E-state index contributed by atoms with van der Waals surface area (Å²) in [4.78, 5) is 1.31. The monoisotopic (exact) mass is 281 g/mol. The van der Waals surface area contributed by atoms with Crippen molar-refractivity contribution in [3.63, 3.8) is 0 Å². The van der Waals surface area contributed by atoms with E-state index in [1.165, 1.54) is 10.4 Å². The third-order valence-electron chi connectivity index (χ3n) is 2.86. The molecule has 96 valence electrons. The van der Waals surface area contributed by atoms with Crippen molar-refractivity contribution in [2.45, 2.75) is 19.6 Å². The van der Waals surface area contributed by atoms with E-state index in [9.17, 15) is 5.11 Å². The van der Waals surface area contributed by atoms with Gasteiger partial charge in [0.15, 0.2) is 0 Å². The van der Waals surface area contributed by atoms with Crippen LogP contribution in [0.1, 0.15) is 22.1 Å². The fraction of sp³-hybridized carbons (Fsp3) is 0.286. The van der Waals surface area contributed by atoms with Gasteiger partial charge in [-0.15, -0.1) is 11.3 Å². The van der Waals surface area contributed by atoms with Crippen LogP contribution < -0.4 is 5.32 Å². The molecule has 4 heteroatoms. The SMILES string of the molecule is Cc1ccsc1CNCC(O)c1ccccc1Cl. The fourth-order valence-electron chi connectivity index (χ4n) is 1.76. The first kappa shape index (κ1) is 13.6. The lowest BCUT2D eigenvalue weighted by Gasteiger charge is -2.13. The van der Waals surface area contributed by atoms with Crippen LogP contribution in [0.25, 0.3) is 0 Å². The minimum atomic E-state index is -0.570. The molecule has 1 atom stereocenters. The summed E-state index contributed by atoms with van der Waals surface area (Å²) in [7, 11) is 0. The van der Waals surface area contributed by atoms with Gasteiger partial charge < -0.3 is 10.4 Å². The van der Waals surface area contributed by atoms with E-state index in [1.807, 2.05) is 18.2 Å². The van der Waals surface area contributed by atoms with Crippen molar-refractivity contribution >= 4 is 22.9 Å². The third kappa shape index (κ3) is 3.33. The smallest absolute Gasteiger partial charge is 0.0928 e. The van der Waals surface area contributed by atoms with Crippen LogP contribution in [0.5, 0.6) is 0 Å². The molecule has 0 fully saturated rings. The highest BCUT2D eigenvalue weighted by Crippen LogP contribution is 2.22. The zero-order chi connectivity index (χ0) is 13.0. The molecule has 2 aromatic rings. The molecule has 0 saturated carbocycles. The van der Waals surface area contributed by atoms with Gasteiger partial charge in [0.25, 0.3) is 0 Å². The van der Waals surface area contributed by atoms with Crippen LogP contribution in [-0.4, -0.2) is 11.7 Å². The Labute approximate surface area is 116 Å². The van der Waals surface area contributed by atoms with E-state index < -0.39 is 6.10 Å². The number of rotatable bonds is 5. The maximum absolute atomic E-state index is 10.1. The first-order valence-electron chi connectivity index (χ1n) is 5.84. The van der Waals surface area contributed by atoms with Crippen molar-refractivity contribution in [2.75, 3.05) is 6.54 Å². The van der Waals surface area contributed by atoms with Crippen LogP contribution in [0.4, 0.5) is 0 Å². The van der Waals surface area contributed by atoms with Gasteiger partial charge >= 0.3 is 0 Å². The Kier molecular flexibility index (Phi) is 4.78. The van der Waals surface area contributed by atoms with Crippen molar-refractivity contribution in [3.8, 4) is 0 Å². The van der Waals surface area contributed by atoms with Crippen molar-refractivity contribution in [1.29, 1.82) is 0 Å². The summed E-state index contributed by atoms with van der Waals surface area (Å²) in [5.41, 5.74) is 2.06. The van der Waals surface area contributed by atoms with E-state index in [1.54, 1.807) is 17.4 Å². The average Bonchev–Trinajstić information content (AvgIpc) is 2.75. The van der Waals surface area contributed by atoms with Crippen molar-refractivity contribution in [1.82, 2.24) is 5.32 Å². The molecule has 0 amide bonds. The second kappa shape index (κ2) is 6.34. The molecule has 18 heavy (non-hydrogen) atoms. The van der Waals surface area contributed by atoms with E-state index in [0.29, 0.717) is 11.6 Å². The molecule has 0 bridgehead atoms. The van der Waals surface area contributed by atoms with Crippen molar-refractivity contribution < 1.29 is 5.11 Å². The van der Waals surface area contributed by atoms with Gasteiger partial charge in [-0.25, -0.2) is 0 Å². The van der Waals surface area contributed by atoms with Crippen molar-refractivity contribution in [3.05, 3.63) is 56.7 Å². The van der Waals surface area contributed by atoms with E-state index in [0.717, 1.165) is 12.1 Å². The molecule has 2 N–H and O–H groups in total. The number of benzene rings is 1. The molecule has 2 rings (SSSR count). The number of hydrogen-bond acceptors (Lipinski definition) is 3. The van der Waals surface area contributed by atoms with Gasteiger partial charge in [0, 0.05) is 28.6 Å². The molecule has 2 nitrogen and oxygen atoms in total. The minimum Gasteiger partial charge on any atom is -0.387 e. The molecular weight excluding hydrogens is 266 g/mol. The first-order chi connectivity index (χ1) is 8.68. The molecule has 1 unspecified atom stereocenters. The summed E-state index contributed by atoms with van der Waals surface area (Å²) < 4.78 is 0. The van der Waals surface area contributed by atoms with Crippen LogP contribution in [0.2, 0.25) is 5.02 Å². The number of thiophene rings is 1. The summed E-state index contributed by atoms with van der Waals surface area (Å²) >= 11 is 7.77. The molecule has 0 aliphatic rings. The Morgan fingerprint density at radius 1 is 1.33 bits per heavy atom. The Balaban J connectivity index is 1.87. The maximum atomic E-state index is 10.1. The van der Waals surface area contributed by atoms with E-state index in [2.05, 4.69) is 23.7 Å². The Morgan fingerprint density at radius 2 is 2.11 bits per heavy atom. The highest BCUT2D eigenvalue weighted by Gasteiger charge is 2.10. The van der Waals surface area contributed by atoms with Crippen LogP contribution in [0.3, 0.4) is 0 Å². The third-order valence-corrected chi connectivity index (χ3v) is 4.22. The molecule has 1 heterocycles. The van der Waals surface area contributed by atoms with Crippen LogP contribution in [0.15, 0.2) is 35.7 Å². The fourth-order valence-corrected chi connectivity index (χ4v) is 2.90. The van der Waals surface area contributed by atoms with Crippen LogP contribution in [0, 0.1) is 6.92 Å². The molecule has 1 aromatic carbocycles. The van der Waals surface area contributed by atoms with E-state index >= 15 is 0 Å². The number of aliphatic hydroxyl groups is 1. The predicted molar refractivity (Wildman–Crippen MR) is 77.2 cm³/mol. The second-order valence-electron chi connectivity index (χ2n) is 4.20. The molecule has 0 aliphatic carbocycles. The standard InChI is InChI=1S/C14H16ClNOS/c1-10-6-7-18-14(10)9-16-8-13(17)11-4-2-3-5-12(11)15/h2-7,13,16-17H,8-9H2,1H3. The number of aryl methyl sites for hydroxylation is 1. The normalized spacial score (nSPS) is 12.6. The van der Waals surface area contributed by atoms with E-state index in [4.69, 9.17) is 11.6 Å². The topological polar surface area (TPSA) is 32.3 Å². The summed E-state index contributed by atoms with van der Waals surface area (Å²) in [6.45, 7) is 3.38. The van der Waals surface area contributed by atoms with Gasteiger partial charge in [-0.2, -0.15) is 0 Å². The molecule has 1 aromatic heterocycles. The van der Waals surface area contributed by atoms with Crippen molar-refractivity contribution in [2.24, 2.45) is 0 Å². The lowest BCUT2D eigenvalue weighted by atomic mass is 10.1. The quantitative estimate of drug-likeness (QED) is 0.879. The zero-order valence-corrected chi connectivity index (χ0v) is 11.8. The van der Waals surface area contributed by atoms with E-state index in [-0.39, 0.29) is 0 Å².